The van der Waals surface area contributed by atoms with Crippen LogP contribution in [-0.4, -0.2) is 22.7 Å². The SMILES string of the molecule is CC(C)(C)ONC1CCC1C(=O)O. The average Bonchev–Trinajstić information content (AvgIpc) is 1.79. The quantitative estimate of drug-likeness (QED) is 0.651. The minimum Gasteiger partial charge on any atom is -0.481 e. The highest BCUT2D eigenvalue weighted by Crippen LogP contribution is 2.28. The normalized spacial score (nSPS) is 28.2. The fourth-order valence-electron chi connectivity index (χ4n) is 1.19. The molecule has 0 radical (unpaired) electrons. The van der Waals surface area contributed by atoms with Crippen molar-refractivity contribution in [2.24, 2.45) is 5.92 Å². The number of hydroxylamine groups is 1. The molecule has 0 spiro atoms. The summed E-state index contributed by atoms with van der Waals surface area (Å²) < 4.78 is 0. The van der Waals surface area contributed by atoms with Crippen LogP contribution in [0.3, 0.4) is 0 Å². The first kappa shape index (κ1) is 10.5. The molecular formula is C9H17NO3. The number of carboxylic acids is 1. The Morgan fingerprint density at radius 2 is 2.08 bits per heavy atom. The fourth-order valence-corrected chi connectivity index (χ4v) is 1.19. The van der Waals surface area contributed by atoms with Crippen molar-refractivity contribution in [3.8, 4) is 0 Å². The van der Waals surface area contributed by atoms with Gasteiger partial charge in [-0.05, 0) is 33.6 Å². The highest BCUT2D eigenvalue weighted by Gasteiger charge is 2.37. The summed E-state index contributed by atoms with van der Waals surface area (Å²) in [4.78, 5) is 15.9. The predicted octanol–water partition coefficient (Wildman–Crippen LogP) is 1.17. The number of rotatable bonds is 3. The number of carboxylic acid groups (broad SMARTS) is 1. The van der Waals surface area contributed by atoms with Gasteiger partial charge in [0.2, 0.25) is 0 Å². The maximum Gasteiger partial charge on any atom is 0.308 e. The third-order valence-electron chi connectivity index (χ3n) is 2.11. The van der Waals surface area contributed by atoms with Gasteiger partial charge in [0, 0.05) is 6.04 Å². The summed E-state index contributed by atoms with van der Waals surface area (Å²) in [5, 5.41) is 8.74. The van der Waals surface area contributed by atoms with Crippen LogP contribution >= 0.6 is 0 Å². The molecule has 1 saturated carbocycles. The largest absolute Gasteiger partial charge is 0.481 e. The van der Waals surface area contributed by atoms with Crippen LogP contribution in [0.2, 0.25) is 0 Å². The molecule has 0 aliphatic heterocycles. The Balaban J connectivity index is 2.27. The molecule has 0 aromatic rings. The lowest BCUT2D eigenvalue weighted by Crippen LogP contribution is -2.49. The van der Waals surface area contributed by atoms with Crippen molar-refractivity contribution in [1.82, 2.24) is 5.48 Å². The van der Waals surface area contributed by atoms with Crippen molar-refractivity contribution in [3.05, 3.63) is 0 Å². The summed E-state index contributed by atoms with van der Waals surface area (Å²) in [6.45, 7) is 5.78. The van der Waals surface area contributed by atoms with Gasteiger partial charge in [-0.2, -0.15) is 5.48 Å². The smallest absolute Gasteiger partial charge is 0.308 e. The van der Waals surface area contributed by atoms with E-state index in [2.05, 4.69) is 5.48 Å². The fraction of sp³-hybridized carbons (Fsp3) is 0.889. The first-order chi connectivity index (χ1) is 5.90. The van der Waals surface area contributed by atoms with Crippen LogP contribution in [0.1, 0.15) is 33.6 Å². The standard InChI is InChI=1S/C9H17NO3/c1-9(2,3)13-10-7-5-4-6(7)8(11)12/h6-7,10H,4-5H2,1-3H3,(H,11,12). The van der Waals surface area contributed by atoms with Crippen LogP contribution in [0.4, 0.5) is 0 Å². The van der Waals surface area contributed by atoms with E-state index in [4.69, 9.17) is 9.94 Å². The second-order valence-electron chi connectivity index (χ2n) is 4.46. The summed E-state index contributed by atoms with van der Waals surface area (Å²) in [5.41, 5.74) is 2.54. The van der Waals surface area contributed by atoms with E-state index in [1.807, 2.05) is 20.8 Å². The van der Waals surface area contributed by atoms with E-state index in [0.29, 0.717) is 0 Å². The van der Waals surface area contributed by atoms with Gasteiger partial charge in [-0.3, -0.25) is 9.63 Å². The highest BCUT2D eigenvalue weighted by molar-refractivity contribution is 5.72. The third kappa shape index (κ3) is 2.97. The van der Waals surface area contributed by atoms with Gasteiger partial charge in [0.25, 0.3) is 0 Å². The van der Waals surface area contributed by atoms with Gasteiger partial charge in [-0.1, -0.05) is 0 Å². The molecule has 0 bridgehead atoms. The molecule has 1 fully saturated rings. The van der Waals surface area contributed by atoms with Crippen molar-refractivity contribution < 1.29 is 14.7 Å². The Kier molecular flexibility index (Phi) is 2.93. The Labute approximate surface area is 78.2 Å². The molecular weight excluding hydrogens is 170 g/mol. The minimum absolute atomic E-state index is 0.0169. The van der Waals surface area contributed by atoms with Gasteiger partial charge in [0.05, 0.1) is 11.5 Å². The molecule has 2 atom stereocenters. The molecule has 2 N–H and O–H groups in total. The predicted molar refractivity (Wildman–Crippen MR) is 48.1 cm³/mol. The van der Waals surface area contributed by atoms with Gasteiger partial charge in [0.1, 0.15) is 0 Å². The van der Waals surface area contributed by atoms with E-state index in [0.717, 1.165) is 12.8 Å². The number of nitrogens with one attached hydrogen (secondary N) is 1. The molecule has 2 unspecified atom stereocenters. The molecule has 4 nitrogen and oxygen atoms in total. The molecule has 4 heteroatoms. The van der Waals surface area contributed by atoms with E-state index in [1.54, 1.807) is 0 Å². The molecule has 0 amide bonds. The van der Waals surface area contributed by atoms with Gasteiger partial charge < -0.3 is 5.11 Å². The first-order valence-corrected chi connectivity index (χ1v) is 4.56. The average molecular weight is 187 g/mol. The van der Waals surface area contributed by atoms with E-state index >= 15 is 0 Å². The summed E-state index contributed by atoms with van der Waals surface area (Å²) in [7, 11) is 0. The Morgan fingerprint density at radius 3 is 2.38 bits per heavy atom. The summed E-state index contributed by atoms with van der Waals surface area (Å²) in [6.07, 6.45) is 1.63. The summed E-state index contributed by atoms with van der Waals surface area (Å²) in [6, 6.07) is -0.0169. The zero-order chi connectivity index (χ0) is 10.1. The van der Waals surface area contributed by atoms with Crippen LogP contribution < -0.4 is 5.48 Å². The topological polar surface area (TPSA) is 58.6 Å². The second kappa shape index (κ2) is 3.64. The Hall–Kier alpha value is -0.610. The number of hydrogen-bond donors (Lipinski definition) is 2. The lowest BCUT2D eigenvalue weighted by atomic mass is 9.80. The van der Waals surface area contributed by atoms with Crippen molar-refractivity contribution in [2.45, 2.75) is 45.3 Å². The van der Waals surface area contributed by atoms with Gasteiger partial charge in [0.15, 0.2) is 0 Å². The van der Waals surface area contributed by atoms with E-state index < -0.39 is 5.97 Å². The highest BCUT2D eigenvalue weighted by atomic mass is 16.7. The minimum atomic E-state index is -0.735. The molecule has 13 heavy (non-hydrogen) atoms. The zero-order valence-electron chi connectivity index (χ0n) is 8.33. The molecule has 0 heterocycles. The monoisotopic (exact) mass is 187 g/mol. The molecule has 76 valence electrons. The molecule has 1 aliphatic rings. The number of carbonyl (C=O) groups is 1. The van der Waals surface area contributed by atoms with Gasteiger partial charge >= 0.3 is 5.97 Å². The Morgan fingerprint density at radius 1 is 1.46 bits per heavy atom. The van der Waals surface area contributed by atoms with Crippen molar-refractivity contribution in [3.63, 3.8) is 0 Å². The van der Waals surface area contributed by atoms with Crippen LogP contribution in [-0.2, 0) is 9.63 Å². The maximum absolute atomic E-state index is 10.6. The van der Waals surface area contributed by atoms with Gasteiger partial charge in [-0.25, -0.2) is 0 Å². The zero-order valence-corrected chi connectivity index (χ0v) is 8.33. The summed E-state index contributed by atoms with van der Waals surface area (Å²) in [5.74, 6) is -1.01. The van der Waals surface area contributed by atoms with Crippen LogP contribution in [0, 0.1) is 5.92 Å². The van der Waals surface area contributed by atoms with Crippen molar-refractivity contribution >= 4 is 5.97 Å². The van der Waals surface area contributed by atoms with Crippen LogP contribution in [0.5, 0.6) is 0 Å². The van der Waals surface area contributed by atoms with Crippen LogP contribution in [0.25, 0.3) is 0 Å². The van der Waals surface area contributed by atoms with E-state index in [9.17, 15) is 4.79 Å². The van der Waals surface area contributed by atoms with Gasteiger partial charge in [-0.15, -0.1) is 0 Å². The van der Waals surface area contributed by atoms with Crippen LogP contribution in [0.15, 0.2) is 0 Å². The molecule has 0 aromatic carbocycles. The number of hydrogen-bond acceptors (Lipinski definition) is 3. The Bertz CT molecular complexity index is 198. The lowest BCUT2D eigenvalue weighted by molar-refractivity contribution is -0.155. The second-order valence-corrected chi connectivity index (χ2v) is 4.46. The first-order valence-electron chi connectivity index (χ1n) is 4.56. The molecule has 0 aromatic heterocycles. The molecule has 1 aliphatic carbocycles. The molecule has 0 saturated heterocycles. The van der Waals surface area contributed by atoms with Crippen molar-refractivity contribution in [1.29, 1.82) is 0 Å². The maximum atomic E-state index is 10.6. The molecule has 1 rings (SSSR count). The summed E-state index contributed by atoms with van der Waals surface area (Å²) >= 11 is 0. The third-order valence-corrected chi connectivity index (χ3v) is 2.11. The lowest BCUT2D eigenvalue weighted by Gasteiger charge is -2.35. The van der Waals surface area contributed by atoms with Crippen molar-refractivity contribution in [2.75, 3.05) is 0 Å². The van der Waals surface area contributed by atoms with E-state index in [-0.39, 0.29) is 17.6 Å². The number of aliphatic carboxylic acids is 1. The van der Waals surface area contributed by atoms with E-state index in [1.165, 1.54) is 0 Å².